The molecule has 3 nitrogen and oxygen atoms in total. The molecule has 0 atom stereocenters. The molecule has 0 spiro atoms. The van der Waals surface area contributed by atoms with Crippen LogP contribution < -0.4 is 10.9 Å². The van der Waals surface area contributed by atoms with E-state index in [-0.39, 0.29) is 5.56 Å². The second kappa shape index (κ2) is 5.18. The van der Waals surface area contributed by atoms with Crippen LogP contribution in [-0.4, -0.2) is 17.7 Å². The van der Waals surface area contributed by atoms with Crippen molar-refractivity contribution in [2.75, 3.05) is 13.1 Å². The summed E-state index contributed by atoms with van der Waals surface area (Å²) in [5.41, 5.74) is 0.0185. The van der Waals surface area contributed by atoms with Gasteiger partial charge in [-0.15, -0.1) is 6.42 Å². The SMILES string of the molecule is C#CCNCCn1ccccc1=O. The van der Waals surface area contributed by atoms with Crippen molar-refractivity contribution in [3.63, 3.8) is 0 Å². The van der Waals surface area contributed by atoms with Gasteiger partial charge in [0.1, 0.15) is 0 Å². The van der Waals surface area contributed by atoms with Gasteiger partial charge >= 0.3 is 0 Å². The van der Waals surface area contributed by atoms with Gasteiger partial charge in [-0.3, -0.25) is 4.79 Å². The zero-order chi connectivity index (χ0) is 9.52. The van der Waals surface area contributed by atoms with Crippen molar-refractivity contribution in [1.82, 2.24) is 9.88 Å². The van der Waals surface area contributed by atoms with Crippen LogP contribution in [0.25, 0.3) is 0 Å². The fraction of sp³-hybridized carbons (Fsp3) is 0.300. The summed E-state index contributed by atoms with van der Waals surface area (Å²) in [5, 5.41) is 3.01. The van der Waals surface area contributed by atoms with Crippen molar-refractivity contribution in [2.24, 2.45) is 0 Å². The van der Waals surface area contributed by atoms with Gasteiger partial charge in [0.05, 0.1) is 6.54 Å². The molecule has 0 fully saturated rings. The minimum absolute atomic E-state index is 0.0185. The van der Waals surface area contributed by atoms with E-state index in [1.807, 2.05) is 6.07 Å². The van der Waals surface area contributed by atoms with Crippen LogP contribution in [0.3, 0.4) is 0 Å². The monoisotopic (exact) mass is 176 g/mol. The zero-order valence-electron chi connectivity index (χ0n) is 7.36. The summed E-state index contributed by atoms with van der Waals surface area (Å²) >= 11 is 0. The van der Waals surface area contributed by atoms with Crippen LogP contribution in [-0.2, 0) is 6.54 Å². The molecule has 0 amide bonds. The Morgan fingerprint density at radius 1 is 1.54 bits per heavy atom. The van der Waals surface area contributed by atoms with Crippen molar-refractivity contribution in [1.29, 1.82) is 0 Å². The van der Waals surface area contributed by atoms with Crippen molar-refractivity contribution in [3.8, 4) is 12.3 Å². The number of nitrogens with one attached hydrogen (secondary N) is 1. The third-order valence-electron chi connectivity index (χ3n) is 1.66. The highest BCUT2D eigenvalue weighted by atomic mass is 16.1. The average molecular weight is 176 g/mol. The van der Waals surface area contributed by atoms with E-state index in [9.17, 15) is 4.79 Å². The highest BCUT2D eigenvalue weighted by Crippen LogP contribution is 1.80. The normalized spacial score (nSPS) is 9.46. The lowest BCUT2D eigenvalue weighted by atomic mass is 10.4. The molecule has 13 heavy (non-hydrogen) atoms. The van der Waals surface area contributed by atoms with Crippen LogP contribution in [0.1, 0.15) is 0 Å². The van der Waals surface area contributed by atoms with Gasteiger partial charge in [-0.2, -0.15) is 0 Å². The first-order valence-corrected chi connectivity index (χ1v) is 4.14. The number of terminal acetylenes is 1. The Hall–Kier alpha value is -1.53. The molecule has 0 radical (unpaired) electrons. The summed E-state index contributed by atoms with van der Waals surface area (Å²) in [7, 11) is 0. The minimum atomic E-state index is 0.0185. The van der Waals surface area contributed by atoms with E-state index in [4.69, 9.17) is 6.42 Å². The van der Waals surface area contributed by atoms with Crippen LogP contribution >= 0.6 is 0 Å². The van der Waals surface area contributed by atoms with Gasteiger partial charge in [-0.25, -0.2) is 0 Å². The van der Waals surface area contributed by atoms with Crippen molar-refractivity contribution < 1.29 is 0 Å². The molecule has 3 heteroatoms. The lowest BCUT2D eigenvalue weighted by Gasteiger charge is -2.03. The van der Waals surface area contributed by atoms with Gasteiger partial charge in [0.2, 0.25) is 0 Å². The average Bonchev–Trinajstić information content (AvgIpc) is 2.15. The fourth-order valence-corrected chi connectivity index (χ4v) is 1.01. The molecule has 0 aliphatic rings. The quantitative estimate of drug-likeness (QED) is 0.520. The van der Waals surface area contributed by atoms with E-state index in [0.717, 1.165) is 0 Å². The van der Waals surface area contributed by atoms with Gasteiger partial charge in [-0.05, 0) is 6.07 Å². The Morgan fingerprint density at radius 3 is 3.08 bits per heavy atom. The number of rotatable bonds is 4. The Kier molecular flexibility index (Phi) is 3.80. The zero-order valence-corrected chi connectivity index (χ0v) is 7.36. The Morgan fingerprint density at radius 2 is 2.38 bits per heavy atom. The molecule has 0 aliphatic carbocycles. The summed E-state index contributed by atoms with van der Waals surface area (Å²) in [4.78, 5) is 11.2. The third kappa shape index (κ3) is 3.14. The molecular weight excluding hydrogens is 164 g/mol. The van der Waals surface area contributed by atoms with E-state index < -0.39 is 0 Å². The van der Waals surface area contributed by atoms with E-state index >= 15 is 0 Å². The molecular formula is C10H12N2O. The standard InChI is InChI=1S/C10H12N2O/c1-2-6-11-7-9-12-8-4-3-5-10(12)13/h1,3-5,8,11H,6-7,9H2. The molecule has 0 aromatic carbocycles. The van der Waals surface area contributed by atoms with Crippen molar-refractivity contribution >= 4 is 0 Å². The van der Waals surface area contributed by atoms with E-state index in [0.29, 0.717) is 19.6 Å². The number of nitrogens with zero attached hydrogens (tertiary/aromatic N) is 1. The topological polar surface area (TPSA) is 34.0 Å². The number of hydrogen-bond donors (Lipinski definition) is 1. The predicted molar refractivity (Wildman–Crippen MR) is 52.4 cm³/mol. The molecule has 1 rings (SSSR count). The number of hydrogen-bond acceptors (Lipinski definition) is 2. The summed E-state index contributed by atoms with van der Waals surface area (Å²) < 4.78 is 1.64. The van der Waals surface area contributed by atoms with Crippen LogP contribution in [0.5, 0.6) is 0 Å². The number of pyridine rings is 1. The lowest BCUT2D eigenvalue weighted by molar-refractivity contribution is 0.612. The van der Waals surface area contributed by atoms with Gasteiger partial charge in [0.25, 0.3) is 5.56 Å². The Bertz CT molecular complexity index is 348. The lowest BCUT2D eigenvalue weighted by Crippen LogP contribution is -2.26. The molecule has 1 heterocycles. The largest absolute Gasteiger partial charge is 0.314 e. The van der Waals surface area contributed by atoms with Crippen molar-refractivity contribution in [3.05, 3.63) is 34.7 Å². The summed E-state index contributed by atoms with van der Waals surface area (Å²) in [6.45, 7) is 1.91. The molecule has 68 valence electrons. The maximum atomic E-state index is 11.2. The third-order valence-corrected chi connectivity index (χ3v) is 1.66. The highest BCUT2D eigenvalue weighted by molar-refractivity contribution is 4.93. The molecule has 0 saturated heterocycles. The van der Waals surface area contributed by atoms with Gasteiger partial charge in [0, 0.05) is 25.4 Å². The highest BCUT2D eigenvalue weighted by Gasteiger charge is 1.91. The maximum absolute atomic E-state index is 11.2. The summed E-state index contributed by atoms with van der Waals surface area (Å²) in [5.74, 6) is 2.47. The van der Waals surface area contributed by atoms with Crippen LogP contribution in [0.4, 0.5) is 0 Å². The van der Waals surface area contributed by atoms with E-state index in [1.54, 1.807) is 22.9 Å². The van der Waals surface area contributed by atoms with Gasteiger partial charge in [-0.1, -0.05) is 12.0 Å². The second-order valence-electron chi connectivity index (χ2n) is 2.61. The first-order chi connectivity index (χ1) is 6.34. The minimum Gasteiger partial charge on any atom is -0.314 e. The first kappa shape index (κ1) is 9.56. The fourth-order valence-electron chi connectivity index (χ4n) is 1.01. The van der Waals surface area contributed by atoms with Crippen molar-refractivity contribution in [2.45, 2.75) is 6.54 Å². The van der Waals surface area contributed by atoms with Gasteiger partial charge in [0.15, 0.2) is 0 Å². The molecule has 1 N–H and O–H groups in total. The molecule has 0 bridgehead atoms. The Labute approximate surface area is 77.4 Å². The van der Waals surface area contributed by atoms with E-state index in [2.05, 4.69) is 11.2 Å². The second-order valence-corrected chi connectivity index (χ2v) is 2.61. The number of aromatic nitrogens is 1. The smallest absolute Gasteiger partial charge is 0.250 e. The molecule has 0 aliphatic heterocycles. The molecule has 1 aromatic rings. The summed E-state index contributed by atoms with van der Waals surface area (Å²) in [6, 6.07) is 5.11. The summed E-state index contributed by atoms with van der Waals surface area (Å²) in [6.07, 6.45) is 6.82. The van der Waals surface area contributed by atoms with Crippen LogP contribution in [0.2, 0.25) is 0 Å². The van der Waals surface area contributed by atoms with Crippen LogP contribution in [0.15, 0.2) is 29.2 Å². The Balaban J connectivity index is 2.42. The molecule has 1 aromatic heterocycles. The molecule has 0 saturated carbocycles. The predicted octanol–water partition coefficient (Wildman–Crippen LogP) is 0.0711. The van der Waals surface area contributed by atoms with Gasteiger partial charge < -0.3 is 9.88 Å². The van der Waals surface area contributed by atoms with E-state index in [1.165, 1.54) is 0 Å². The molecule has 0 unspecified atom stereocenters. The first-order valence-electron chi connectivity index (χ1n) is 4.14. The van der Waals surface area contributed by atoms with Crippen LogP contribution in [0, 0.1) is 12.3 Å². The maximum Gasteiger partial charge on any atom is 0.250 e.